The smallest absolute Gasteiger partial charge is 0.293 e. The van der Waals surface area contributed by atoms with Gasteiger partial charge in [0.25, 0.3) is 5.56 Å². The van der Waals surface area contributed by atoms with E-state index in [1.165, 1.54) is 0 Å². The van der Waals surface area contributed by atoms with E-state index < -0.39 is 0 Å². The molecule has 0 aliphatic carbocycles. The van der Waals surface area contributed by atoms with Crippen LogP contribution >= 0.6 is 0 Å². The summed E-state index contributed by atoms with van der Waals surface area (Å²) in [6, 6.07) is 0.101. The molecule has 3 N–H and O–H groups in total. The van der Waals surface area contributed by atoms with E-state index in [1.54, 1.807) is 24.1 Å². The Labute approximate surface area is 107 Å². The van der Waals surface area contributed by atoms with E-state index in [1.807, 2.05) is 13.8 Å². The quantitative estimate of drug-likeness (QED) is 0.744. The Morgan fingerprint density at radius 1 is 1.56 bits per heavy atom. The Hall–Kier alpha value is -1.40. The van der Waals surface area contributed by atoms with Crippen LogP contribution < -0.4 is 16.6 Å². The van der Waals surface area contributed by atoms with Crippen molar-refractivity contribution >= 4 is 5.82 Å². The molecule has 0 aromatic carbocycles. The average Bonchev–Trinajstić information content (AvgIpc) is 2.36. The van der Waals surface area contributed by atoms with Crippen LogP contribution in [-0.4, -0.2) is 35.9 Å². The van der Waals surface area contributed by atoms with Crippen molar-refractivity contribution in [2.24, 2.45) is 5.73 Å². The minimum Gasteiger partial charge on any atom is -0.385 e. The first-order valence-corrected chi connectivity index (χ1v) is 6.12. The summed E-state index contributed by atoms with van der Waals surface area (Å²) < 4.78 is 6.64. The molecule has 0 bridgehead atoms. The molecular formula is C12H22N4O2. The molecule has 1 rings (SSSR count). The lowest BCUT2D eigenvalue weighted by molar-refractivity contribution is 0.190. The number of hydrogen-bond donors (Lipinski definition) is 2. The number of anilines is 1. The van der Waals surface area contributed by atoms with Gasteiger partial charge >= 0.3 is 0 Å². The molecule has 1 unspecified atom stereocenters. The van der Waals surface area contributed by atoms with Crippen molar-refractivity contribution in [1.29, 1.82) is 0 Å². The molecule has 6 nitrogen and oxygen atoms in total. The standard InChI is InChI=1S/C12H22N4O2/c1-9(2)16-6-5-14-11(12(16)17)15-10(8-13)4-7-18-3/h5-6,9-10H,4,7-8,13H2,1-3H3,(H,14,15). The zero-order valence-corrected chi connectivity index (χ0v) is 11.2. The average molecular weight is 254 g/mol. The fourth-order valence-electron chi connectivity index (χ4n) is 1.63. The summed E-state index contributed by atoms with van der Waals surface area (Å²) in [4.78, 5) is 16.2. The van der Waals surface area contributed by atoms with Crippen molar-refractivity contribution in [3.63, 3.8) is 0 Å². The number of nitrogens with one attached hydrogen (secondary N) is 1. The molecular weight excluding hydrogens is 232 g/mol. The molecule has 102 valence electrons. The minimum absolute atomic E-state index is 0.00633. The van der Waals surface area contributed by atoms with Gasteiger partial charge in [0.15, 0.2) is 5.82 Å². The lowest BCUT2D eigenvalue weighted by Crippen LogP contribution is -2.35. The van der Waals surface area contributed by atoms with Gasteiger partial charge in [-0.15, -0.1) is 0 Å². The number of aromatic nitrogens is 2. The second-order valence-corrected chi connectivity index (χ2v) is 4.44. The second kappa shape index (κ2) is 7.13. The van der Waals surface area contributed by atoms with Crippen molar-refractivity contribution in [2.45, 2.75) is 32.4 Å². The number of nitrogens with zero attached hydrogens (tertiary/aromatic N) is 2. The second-order valence-electron chi connectivity index (χ2n) is 4.44. The Morgan fingerprint density at radius 3 is 2.83 bits per heavy atom. The van der Waals surface area contributed by atoms with Gasteiger partial charge in [0.05, 0.1) is 0 Å². The number of methoxy groups -OCH3 is 1. The molecule has 1 aromatic rings. The third kappa shape index (κ3) is 3.82. The summed E-state index contributed by atoms with van der Waals surface area (Å²) in [5, 5.41) is 3.08. The van der Waals surface area contributed by atoms with Crippen LogP contribution in [0.25, 0.3) is 0 Å². The first-order chi connectivity index (χ1) is 8.60. The van der Waals surface area contributed by atoms with E-state index >= 15 is 0 Å². The largest absolute Gasteiger partial charge is 0.385 e. The molecule has 0 radical (unpaired) electrons. The molecule has 0 spiro atoms. The Kier molecular flexibility index (Phi) is 5.80. The van der Waals surface area contributed by atoms with Gasteiger partial charge in [-0.1, -0.05) is 0 Å². The summed E-state index contributed by atoms with van der Waals surface area (Å²) in [6.07, 6.45) is 4.04. The molecule has 1 atom stereocenters. The van der Waals surface area contributed by atoms with E-state index in [-0.39, 0.29) is 17.6 Å². The number of hydrogen-bond acceptors (Lipinski definition) is 5. The van der Waals surface area contributed by atoms with Gasteiger partial charge in [0, 0.05) is 44.7 Å². The lowest BCUT2D eigenvalue weighted by atomic mass is 10.2. The Balaban J connectivity index is 2.83. The predicted molar refractivity (Wildman–Crippen MR) is 71.8 cm³/mol. The highest BCUT2D eigenvalue weighted by molar-refractivity contribution is 5.32. The van der Waals surface area contributed by atoms with E-state index in [0.29, 0.717) is 19.0 Å². The van der Waals surface area contributed by atoms with E-state index in [0.717, 1.165) is 6.42 Å². The van der Waals surface area contributed by atoms with E-state index in [4.69, 9.17) is 10.5 Å². The van der Waals surface area contributed by atoms with Crippen LogP contribution in [0.1, 0.15) is 26.3 Å². The highest BCUT2D eigenvalue weighted by Gasteiger charge is 2.11. The fraction of sp³-hybridized carbons (Fsp3) is 0.667. The molecule has 0 amide bonds. The zero-order chi connectivity index (χ0) is 13.5. The van der Waals surface area contributed by atoms with Crippen LogP contribution in [-0.2, 0) is 4.74 Å². The SMILES string of the molecule is COCCC(CN)Nc1nccn(C(C)C)c1=O. The topological polar surface area (TPSA) is 82.2 Å². The van der Waals surface area contributed by atoms with Crippen LogP contribution in [0, 0.1) is 0 Å². The third-order valence-electron chi connectivity index (χ3n) is 2.72. The van der Waals surface area contributed by atoms with Crippen LogP contribution in [0.2, 0.25) is 0 Å². The van der Waals surface area contributed by atoms with Crippen LogP contribution in [0.15, 0.2) is 17.2 Å². The van der Waals surface area contributed by atoms with Gasteiger partial charge in [-0.05, 0) is 20.3 Å². The van der Waals surface area contributed by atoms with Gasteiger partial charge in [-0.2, -0.15) is 0 Å². The van der Waals surface area contributed by atoms with Gasteiger partial charge in [-0.3, -0.25) is 4.79 Å². The fourth-order valence-corrected chi connectivity index (χ4v) is 1.63. The summed E-state index contributed by atoms with van der Waals surface area (Å²) in [6.45, 7) is 4.94. The third-order valence-corrected chi connectivity index (χ3v) is 2.72. The molecule has 6 heteroatoms. The van der Waals surface area contributed by atoms with Gasteiger partial charge in [0.1, 0.15) is 0 Å². The number of nitrogens with two attached hydrogens (primary N) is 1. The first-order valence-electron chi connectivity index (χ1n) is 6.12. The van der Waals surface area contributed by atoms with Gasteiger partial charge in [-0.25, -0.2) is 4.98 Å². The van der Waals surface area contributed by atoms with Crippen LogP contribution in [0.3, 0.4) is 0 Å². The minimum atomic E-state index is -0.122. The van der Waals surface area contributed by atoms with Crippen molar-refractivity contribution in [3.05, 3.63) is 22.7 Å². The van der Waals surface area contributed by atoms with Crippen molar-refractivity contribution in [3.8, 4) is 0 Å². The Morgan fingerprint density at radius 2 is 2.28 bits per heavy atom. The summed E-state index contributed by atoms with van der Waals surface area (Å²) in [7, 11) is 1.64. The summed E-state index contributed by atoms with van der Waals surface area (Å²) in [5.41, 5.74) is 5.53. The van der Waals surface area contributed by atoms with E-state index in [9.17, 15) is 4.79 Å². The highest BCUT2D eigenvalue weighted by atomic mass is 16.5. The summed E-state index contributed by atoms with van der Waals surface area (Å²) >= 11 is 0. The van der Waals surface area contributed by atoms with E-state index in [2.05, 4.69) is 10.3 Å². The molecule has 0 fully saturated rings. The van der Waals surface area contributed by atoms with Gasteiger partial charge < -0.3 is 20.4 Å². The zero-order valence-electron chi connectivity index (χ0n) is 11.2. The maximum atomic E-state index is 12.1. The van der Waals surface area contributed by atoms with Crippen LogP contribution in [0.4, 0.5) is 5.82 Å². The lowest BCUT2D eigenvalue weighted by Gasteiger charge is -2.18. The molecule has 1 heterocycles. The number of rotatable bonds is 7. The molecule has 0 aliphatic rings. The molecule has 0 aliphatic heterocycles. The Bertz CT molecular complexity index is 417. The molecule has 18 heavy (non-hydrogen) atoms. The number of ether oxygens (including phenoxy) is 1. The predicted octanol–water partition coefficient (Wildman–Crippen LogP) is 0.600. The molecule has 0 saturated carbocycles. The van der Waals surface area contributed by atoms with Crippen molar-refractivity contribution in [2.75, 3.05) is 25.6 Å². The highest BCUT2D eigenvalue weighted by Crippen LogP contribution is 2.04. The molecule has 0 saturated heterocycles. The first kappa shape index (κ1) is 14.7. The van der Waals surface area contributed by atoms with Crippen molar-refractivity contribution < 1.29 is 4.74 Å². The van der Waals surface area contributed by atoms with Crippen molar-refractivity contribution in [1.82, 2.24) is 9.55 Å². The normalized spacial score (nSPS) is 12.7. The van der Waals surface area contributed by atoms with Gasteiger partial charge in [0.2, 0.25) is 0 Å². The maximum Gasteiger partial charge on any atom is 0.293 e. The molecule has 1 aromatic heterocycles. The maximum absolute atomic E-state index is 12.1. The summed E-state index contributed by atoms with van der Waals surface area (Å²) in [5.74, 6) is 0.345. The van der Waals surface area contributed by atoms with Crippen LogP contribution in [0.5, 0.6) is 0 Å². The monoisotopic (exact) mass is 254 g/mol.